The van der Waals surface area contributed by atoms with Gasteiger partial charge in [0.25, 0.3) is 0 Å². The van der Waals surface area contributed by atoms with Gasteiger partial charge < -0.3 is 20.5 Å². The normalized spacial score (nSPS) is 22.6. The molecule has 1 aromatic rings. The van der Waals surface area contributed by atoms with E-state index in [4.69, 9.17) is 14.8 Å². The molecule has 0 saturated heterocycles. The highest BCUT2D eigenvalue weighted by atomic mass is 16.5. The summed E-state index contributed by atoms with van der Waals surface area (Å²) in [6.07, 6.45) is 2.71. The molecular formula is C16H19N3O3. The molecule has 1 aliphatic carbocycles. The number of methoxy groups -OCH3 is 1. The van der Waals surface area contributed by atoms with Crippen LogP contribution in [-0.2, 0) is 4.79 Å². The van der Waals surface area contributed by atoms with Crippen molar-refractivity contribution in [2.75, 3.05) is 13.7 Å². The highest BCUT2D eigenvalue weighted by Crippen LogP contribution is 2.26. The average Bonchev–Trinajstić information content (AvgIpc) is 2.55. The van der Waals surface area contributed by atoms with Gasteiger partial charge in [-0.3, -0.25) is 4.99 Å². The fourth-order valence-corrected chi connectivity index (χ4v) is 2.75. The van der Waals surface area contributed by atoms with Crippen molar-refractivity contribution in [2.24, 2.45) is 4.99 Å². The van der Waals surface area contributed by atoms with Crippen LogP contribution in [-0.4, -0.2) is 36.5 Å². The van der Waals surface area contributed by atoms with E-state index in [1.54, 1.807) is 7.11 Å². The molecule has 1 heterocycles. The average molecular weight is 301 g/mol. The zero-order valence-corrected chi connectivity index (χ0v) is 12.4. The molecule has 6 heteroatoms. The molecule has 0 aromatic heterocycles. The number of allylic oxidation sites excluding steroid dienone is 2. The Labute approximate surface area is 128 Å². The van der Waals surface area contributed by atoms with E-state index < -0.39 is 12.0 Å². The molecule has 0 amide bonds. The number of carboxylic acids is 1. The number of aliphatic carboxylic acids is 1. The molecule has 0 radical (unpaired) electrons. The molecule has 1 unspecified atom stereocenters. The Hall–Kier alpha value is -2.50. The molecule has 3 rings (SSSR count). The zero-order chi connectivity index (χ0) is 15.5. The third-order valence-corrected chi connectivity index (χ3v) is 3.90. The Morgan fingerprint density at radius 1 is 1.32 bits per heavy atom. The molecule has 22 heavy (non-hydrogen) atoms. The van der Waals surface area contributed by atoms with Crippen molar-refractivity contribution in [3.63, 3.8) is 0 Å². The number of hydrogen-bond donors (Lipinski definition) is 3. The minimum Gasteiger partial charge on any atom is -0.497 e. The Kier molecular flexibility index (Phi) is 4.00. The molecular weight excluding hydrogens is 282 g/mol. The first-order valence-electron chi connectivity index (χ1n) is 7.35. The monoisotopic (exact) mass is 301 g/mol. The number of nitrogens with one attached hydrogen (secondary N) is 2. The van der Waals surface area contributed by atoms with Crippen LogP contribution in [0.2, 0.25) is 0 Å². The van der Waals surface area contributed by atoms with Crippen molar-refractivity contribution in [2.45, 2.75) is 25.3 Å². The van der Waals surface area contributed by atoms with Gasteiger partial charge in [-0.05, 0) is 43.5 Å². The molecule has 1 aliphatic heterocycles. The van der Waals surface area contributed by atoms with E-state index in [-0.39, 0.29) is 0 Å². The predicted octanol–water partition coefficient (Wildman–Crippen LogP) is 1.81. The van der Waals surface area contributed by atoms with Crippen LogP contribution >= 0.6 is 0 Å². The van der Waals surface area contributed by atoms with Crippen molar-refractivity contribution in [1.29, 1.82) is 0 Å². The molecule has 1 atom stereocenters. The number of rotatable bonds is 3. The molecule has 0 spiro atoms. The van der Waals surface area contributed by atoms with Crippen LogP contribution < -0.4 is 15.4 Å². The maximum absolute atomic E-state index is 11.1. The van der Waals surface area contributed by atoms with E-state index in [0.717, 1.165) is 47.8 Å². The van der Waals surface area contributed by atoms with Crippen molar-refractivity contribution in [3.8, 4) is 5.75 Å². The minimum absolute atomic E-state index is 0.371. The first kappa shape index (κ1) is 14.4. The summed E-state index contributed by atoms with van der Waals surface area (Å²) in [6, 6.07) is 7.02. The van der Waals surface area contributed by atoms with E-state index >= 15 is 0 Å². The third-order valence-electron chi connectivity index (χ3n) is 3.90. The lowest BCUT2D eigenvalue weighted by Crippen LogP contribution is -2.51. The number of carboxylic acid groups (broad SMARTS) is 1. The number of hydrogen-bond acceptors (Lipinski definition) is 5. The van der Waals surface area contributed by atoms with Gasteiger partial charge in [0.1, 0.15) is 11.8 Å². The summed E-state index contributed by atoms with van der Waals surface area (Å²) in [4.78, 5) is 15.8. The molecule has 0 bridgehead atoms. The molecule has 3 N–H and O–H groups in total. The van der Waals surface area contributed by atoms with E-state index in [0.29, 0.717) is 6.54 Å². The van der Waals surface area contributed by atoms with Crippen molar-refractivity contribution >= 4 is 17.4 Å². The van der Waals surface area contributed by atoms with Crippen LogP contribution in [0.4, 0.5) is 5.69 Å². The number of nitrogens with zero attached hydrogens (tertiary/aromatic N) is 1. The van der Waals surface area contributed by atoms with Gasteiger partial charge in [0, 0.05) is 12.2 Å². The van der Waals surface area contributed by atoms with E-state index in [9.17, 15) is 4.79 Å². The summed E-state index contributed by atoms with van der Waals surface area (Å²) in [5.41, 5.74) is 3.76. The smallest absolute Gasteiger partial charge is 0.327 e. The van der Waals surface area contributed by atoms with Crippen LogP contribution in [0.3, 0.4) is 0 Å². The Balaban J connectivity index is 1.85. The largest absolute Gasteiger partial charge is 0.497 e. The van der Waals surface area contributed by atoms with Crippen LogP contribution in [0, 0.1) is 0 Å². The van der Waals surface area contributed by atoms with Gasteiger partial charge in [-0.25, -0.2) is 4.79 Å². The first-order valence-corrected chi connectivity index (χ1v) is 7.35. The summed E-state index contributed by atoms with van der Waals surface area (Å²) in [7, 11) is 1.63. The Bertz CT molecular complexity index is 635. The summed E-state index contributed by atoms with van der Waals surface area (Å²) >= 11 is 0. The van der Waals surface area contributed by atoms with Gasteiger partial charge in [-0.1, -0.05) is 0 Å². The van der Waals surface area contributed by atoms with Gasteiger partial charge in [0.2, 0.25) is 0 Å². The fourth-order valence-electron chi connectivity index (χ4n) is 2.75. The number of ether oxygens (including phenoxy) is 1. The second kappa shape index (κ2) is 6.09. The number of carbonyl (C=O) groups is 1. The summed E-state index contributed by atoms with van der Waals surface area (Å²) in [5, 5.41) is 15.4. The number of benzene rings is 1. The van der Waals surface area contributed by atoms with Gasteiger partial charge in [0.05, 0.1) is 24.2 Å². The van der Waals surface area contributed by atoms with Crippen molar-refractivity contribution in [3.05, 3.63) is 35.7 Å². The van der Waals surface area contributed by atoms with E-state index in [1.165, 1.54) is 0 Å². The predicted molar refractivity (Wildman–Crippen MR) is 83.5 cm³/mol. The zero-order valence-electron chi connectivity index (χ0n) is 12.4. The lowest BCUT2D eigenvalue weighted by Gasteiger charge is -2.32. The minimum atomic E-state index is -0.835. The lowest BCUT2D eigenvalue weighted by molar-refractivity contribution is -0.139. The van der Waals surface area contributed by atoms with Gasteiger partial charge in [-0.2, -0.15) is 0 Å². The maximum Gasteiger partial charge on any atom is 0.327 e. The van der Waals surface area contributed by atoms with Crippen molar-refractivity contribution in [1.82, 2.24) is 10.6 Å². The Morgan fingerprint density at radius 2 is 2.09 bits per heavy atom. The van der Waals surface area contributed by atoms with E-state index in [2.05, 4.69) is 10.6 Å². The molecule has 6 nitrogen and oxygen atoms in total. The maximum atomic E-state index is 11.1. The molecule has 1 aromatic carbocycles. The topological polar surface area (TPSA) is 83.0 Å². The van der Waals surface area contributed by atoms with Crippen LogP contribution in [0.1, 0.15) is 19.3 Å². The SMILES string of the molecule is COc1ccc(/N=C2\CCCC3=C2NCC(C(=O)O)N3)cc1. The summed E-state index contributed by atoms with van der Waals surface area (Å²) < 4.78 is 5.14. The molecule has 0 fully saturated rings. The third kappa shape index (κ3) is 2.90. The quantitative estimate of drug-likeness (QED) is 0.793. The molecule has 0 saturated carbocycles. The second-order valence-electron chi connectivity index (χ2n) is 5.38. The van der Waals surface area contributed by atoms with Crippen LogP contribution in [0.15, 0.2) is 40.7 Å². The van der Waals surface area contributed by atoms with Crippen LogP contribution in [0.25, 0.3) is 0 Å². The highest BCUT2D eigenvalue weighted by Gasteiger charge is 2.29. The first-order chi connectivity index (χ1) is 10.7. The van der Waals surface area contributed by atoms with Crippen molar-refractivity contribution < 1.29 is 14.6 Å². The molecule has 116 valence electrons. The van der Waals surface area contributed by atoms with Gasteiger partial charge in [-0.15, -0.1) is 0 Å². The Morgan fingerprint density at radius 3 is 2.77 bits per heavy atom. The summed E-state index contributed by atoms with van der Waals surface area (Å²) in [6.45, 7) is 0.371. The summed E-state index contributed by atoms with van der Waals surface area (Å²) in [5.74, 6) is -0.0347. The number of aliphatic imine (C=N–C) groups is 1. The highest BCUT2D eigenvalue weighted by molar-refractivity contribution is 6.02. The van der Waals surface area contributed by atoms with Crippen LogP contribution in [0.5, 0.6) is 5.75 Å². The van der Waals surface area contributed by atoms with Gasteiger partial charge in [0.15, 0.2) is 0 Å². The standard InChI is InChI=1S/C16H19N3O3/c1-22-11-7-5-10(6-8-11)18-12-3-2-4-13-15(12)17-9-14(19-13)16(20)21/h5-8,14,17,19H,2-4,9H2,1H3,(H,20,21)/b18-12+. The van der Waals surface area contributed by atoms with Gasteiger partial charge >= 0.3 is 5.97 Å². The lowest BCUT2D eigenvalue weighted by atomic mass is 9.96. The van der Waals surface area contributed by atoms with E-state index in [1.807, 2.05) is 24.3 Å². The fraction of sp³-hybridized carbons (Fsp3) is 0.375. The second-order valence-corrected chi connectivity index (χ2v) is 5.38. The molecule has 2 aliphatic rings.